The van der Waals surface area contributed by atoms with Gasteiger partial charge in [-0.2, -0.15) is 0 Å². The molecule has 0 aliphatic heterocycles. The molecule has 2 aromatic carbocycles. The van der Waals surface area contributed by atoms with Gasteiger partial charge in [0.1, 0.15) is 5.82 Å². The van der Waals surface area contributed by atoms with E-state index in [1.807, 2.05) is 32.0 Å². The lowest BCUT2D eigenvalue weighted by atomic mass is 10.1. The summed E-state index contributed by atoms with van der Waals surface area (Å²) >= 11 is 1.52. The Balaban J connectivity index is 1.55. The van der Waals surface area contributed by atoms with E-state index in [-0.39, 0.29) is 5.56 Å². The molecule has 0 spiro atoms. The molecule has 0 aliphatic rings. The van der Waals surface area contributed by atoms with E-state index in [9.17, 15) is 14.0 Å². The molecule has 2 amide bonds. The highest BCUT2D eigenvalue weighted by atomic mass is 32.2. The Morgan fingerprint density at radius 1 is 0.900 bits per heavy atom. The average Bonchev–Trinajstić information content (AvgIpc) is 2.71. The molecular weight excluding hydrogens is 403 g/mol. The van der Waals surface area contributed by atoms with Gasteiger partial charge in [-0.25, -0.2) is 14.4 Å². The lowest BCUT2D eigenvalue weighted by molar-refractivity contribution is 0.0844. The number of carbonyl (C=O) groups is 2. The fourth-order valence-electron chi connectivity index (χ4n) is 2.72. The van der Waals surface area contributed by atoms with Gasteiger partial charge in [0.05, 0.1) is 5.56 Å². The van der Waals surface area contributed by atoms with E-state index >= 15 is 0 Å². The molecule has 8 heteroatoms. The number of hydrogen-bond acceptors (Lipinski definition) is 5. The van der Waals surface area contributed by atoms with Crippen molar-refractivity contribution in [1.82, 2.24) is 20.8 Å². The number of aryl methyl sites for hydroxylation is 3. The zero-order valence-corrected chi connectivity index (χ0v) is 17.6. The Morgan fingerprint density at radius 2 is 1.53 bits per heavy atom. The van der Waals surface area contributed by atoms with Crippen molar-refractivity contribution in [3.8, 4) is 0 Å². The van der Waals surface area contributed by atoms with Gasteiger partial charge in [-0.3, -0.25) is 20.4 Å². The number of carbonyl (C=O) groups excluding carboxylic acids is 2. The molecular formula is C22H21FN4O2S. The number of nitrogens with zero attached hydrogens (tertiary/aromatic N) is 2. The number of hydrazine groups is 1. The van der Waals surface area contributed by atoms with Crippen molar-refractivity contribution in [2.24, 2.45) is 0 Å². The molecule has 0 saturated heterocycles. The Morgan fingerprint density at radius 3 is 2.20 bits per heavy atom. The molecule has 154 valence electrons. The van der Waals surface area contributed by atoms with Crippen LogP contribution in [0.5, 0.6) is 0 Å². The Bertz CT molecular complexity index is 1070. The highest BCUT2D eigenvalue weighted by molar-refractivity contribution is 7.98. The summed E-state index contributed by atoms with van der Waals surface area (Å²) < 4.78 is 13.8. The molecule has 0 unspecified atom stereocenters. The van der Waals surface area contributed by atoms with E-state index < -0.39 is 17.6 Å². The predicted octanol–water partition coefficient (Wildman–Crippen LogP) is 3.91. The molecule has 2 N–H and O–H groups in total. The second-order valence-electron chi connectivity index (χ2n) is 6.81. The highest BCUT2D eigenvalue weighted by Crippen LogP contribution is 2.20. The molecule has 6 nitrogen and oxygen atoms in total. The third-order valence-electron chi connectivity index (χ3n) is 4.20. The lowest BCUT2D eigenvalue weighted by Crippen LogP contribution is -2.42. The van der Waals surface area contributed by atoms with Gasteiger partial charge in [0.25, 0.3) is 11.8 Å². The number of hydrogen-bond donors (Lipinski definition) is 2. The number of rotatable bonds is 5. The van der Waals surface area contributed by atoms with Crippen LogP contribution in [0.2, 0.25) is 0 Å². The third-order valence-corrected chi connectivity index (χ3v) is 5.12. The first-order valence-electron chi connectivity index (χ1n) is 9.22. The summed E-state index contributed by atoms with van der Waals surface area (Å²) in [6, 6.07) is 13.1. The number of nitrogens with one attached hydrogen (secondary N) is 2. The van der Waals surface area contributed by atoms with Crippen LogP contribution in [0, 0.1) is 26.6 Å². The van der Waals surface area contributed by atoms with Crippen molar-refractivity contribution in [3.05, 3.63) is 88.0 Å². The fourth-order valence-corrected chi connectivity index (χ4v) is 3.63. The molecule has 3 rings (SSSR count). The molecule has 0 aliphatic carbocycles. The molecule has 30 heavy (non-hydrogen) atoms. The maximum absolute atomic E-state index is 13.8. The molecule has 0 fully saturated rings. The van der Waals surface area contributed by atoms with Crippen molar-refractivity contribution >= 4 is 23.6 Å². The molecule has 3 aromatic rings. The lowest BCUT2D eigenvalue weighted by Gasteiger charge is -2.09. The van der Waals surface area contributed by atoms with Gasteiger partial charge in [0.15, 0.2) is 5.16 Å². The topological polar surface area (TPSA) is 84.0 Å². The monoisotopic (exact) mass is 424 g/mol. The van der Waals surface area contributed by atoms with E-state index in [1.54, 1.807) is 25.1 Å². The van der Waals surface area contributed by atoms with Crippen LogP contribution in [0.25, 0.3) is 0 Å². The summed E-state index contributed by atoms with van der Waals surface area (Å²) in [5.74, 6) is -1.20. The minimum atomic E-state index is -0.717. The van der Waals surface area contributed by atoms with E-state index in [4.69, 9.17) is 0 Å². The second-order valence-corrected chi connectivity index (χ2v) is 7.75. The van der Waals surface area contributed by atoms with Gasteiger partial charge >= 0.3 is 0 Å². The summed E-state index contributed by atoms with van der Waals surface area (Å²) in [5.41, 5.74) is 8.37. The summed E-state index contributed by atoms with van der Waals surface area (Å²) in [6.45, 7) is 5.61. The number of halogens is 1. The first kappa shape index (κ1) is 21.4. The summed E-state index contributed by atoms with van der Waals surface area (Å²) in [4.78, 5) is 33.1. The molecule has 1 heterocycles. The summed E-state index contributed by atoms with van der Waals surface area (Å²) in [5, 5.41) is 0.709. The largest absolute Gasteiger partial charge is 0.272 e. The van der Waals surface area contributed by atoms with Gasteiger partial charge in [-0.05, 0) is 56.7 Å². The van der Waals surface area contributed by atoms with Crippen LogP contribution in [-0.4, -0.2) is 21.8 Å². The van der Waals surface area contributed by atoms with Gasteiger partial charge in [0.2, 0.25) is 0 Å². The average molecular weight is 425 g/mol. The predicted molar refractivity (Wildman–Crippen MR) is 114 cm³/mol. The number of aromatic nitrogens is 2. The van der Waals surface area contributed by atoms with Crippen molar-refractivity contribution in [2.45, 2.75) is 31.7 Å². The third kappa shape index (κ3) is 5.64. The van der Waals surface area contributed by atoms with Crippen LogP contribution < -0.4 is 10.9 Å². The Kier molecular flexibility index (Phi) is 6.79. The van der Waals surface area contributed by atoms with Crippen LogP contribution in [0.1, 0.15) is 43.2 Å². The summed E-state index contributed by atoms with van der Waals surface area (Å²) in [7, 11) is 0. The molecule has 0 saturated carbocycles. The van der Waals surface area contributed by atoms with Crippen molar-refractivity contribution in [3.63, 3.8) is 0 Å². The van der Waals surface area contributed by atoms with E-state index in [2.05, 4.69) is 20.8 Å². The van der Waals surface area contributed by atoms with Crippen molar-refractivity contribution in [1.29, 1.82) is 0 Å². The van der Waals surface area contributed by atoms with Gasteiger partial charge in [0, 0.05) is 22.7 Å². The van der Waals surface area contributed by atoms with Crippen LogP contribution in [0.3, 0.4) is 0 Å². The van der Waals surface area contributed by atoms with Crippen LogP contribution in [0.15, 0.2) is 53.7 Å². The smallest absolute Gasteiger partial charge is 0.267 e. The minimum Gasteiger partial charge on any atom is -0.267 e. The normalized spacial score (nSPS) is 10.5. The first-order chi connectivity index (χ1) is 14.3. The maximum atomic E-state index is 13.8. The molecule has 1 aromatic heterocycles. The highest BCUT2D eigenvalue weighted by Gasteiger charge is 2.13. The molecule has 0 bridgehead atoms. The molecule has 0 radical (unpaired) electrons. The zero-order valence-electron chi connectivity index (χ0n) is 16.8. The van der Waals surface area contributed by atoms with Crippen LogP contribution in [-0.2, 0) is 5.75 Å². The molecule has 0 atom stereocenters. The quantitative estimate of drug-likeness (QED) is 0.369. The van der Waals surface area contributed by atoms with Crippen LogP contribution >= 0.6 is 11.8 Å². The SMILES string of the molecule is Cc1ccc(F)c(C(=O)NNC(=O)c2ccc(CSc3nc(C)cc(C)n3)cc2)c1. The van der Waals surface area contributed by atoms with E-state index in [1.165, 1.54) is 23.9 Å². The minimum absolute atomic E-state index is 0.128. The first-order valence-corrected chi connectivity index (χ1v) is 10.2. The van der Waals surface area contributed by atoms with Crippen LogP contribution in [0.4, 0.5) is 4.39 Å². The number of amides is 2. The number of thioether (sulfide) groups is 1. The second kappa shape index (κ2) is 9.49. The van der Waals surface area contributed by atoms with Gasteiger partial charge in [-0.1, -0.05) is 35.5 Å². The summed E-state index contributed by atoms with van der Waals surface area (Å²) in [6.07, 6.45) is 0. The van der Waals surface area contributed by atoms with E-state index in [0.29, 0.717) is 16.5 Å². The fraction of sp³-hybridized carbons (Fsp3) is 0.182. The zero-order chi connectivity index (χ0) is 21.7. The maximum Gasteiger partial charge on any atom is 0.272 e. The van der Waals surface area contributed by atoms with E-state index in [0.717, 1.165) is 22.5 Å². The van der Waals surface area contributed by atoms with Gasteiger partial charge in [-0.15, -0.1) is 0 Å². The van der Waals surface area contributed by atoms with Gasteiger partial charge < -0.3 is 0 Å². The Labute approximate surface area is 178 Å². The number of benzene rings is 2. The Hall–Kier alpha value is -3.26. The van der Waals surface area contributed by atoms with Crippen molar-refractivity contribution < 1.29 is 14.0 Å². The van der Waals surface area contributed by atoms with Crippen molar-refractivity contribution in [2.75, 3.05) is 0 Å². The standard InChI is InChI=1S/C22H21FN4O2S/c1-13-4-9-19(23)18(10-13)21(29)27-26-20(28)17-7-5-16(6-8-17)12-30-22-24-14(2)11-15(3)25-22/h4-11H,12H2,1-3H3,(H,26,28)(H,27,29).